The second kappa shape index (κ2) is 6.53. The molecule has 1 saturated carbocycles. The molecule has 1 unspecified atom stereocenters. The fourth-order valence-electron chi connectivity index (χ4n) is 5.95. The zero-order valence-electron chi connectivity index (χ0n) is 16.6. The zero-order valence-corrected chi connectivity index (χ0v) is 16.6. The molecule has 1 N–H and O–H groups in total. The van der Waals surface area contributed by atoms with Gasteiger partial charge in [-0.1, -0.05) is 55.7 Å². The summed E-state index contributed by atoms with van der Waals surface area (Å²) in [6.07, 6.45) is 9.12. The minimum Gasteiger partial charge on any atom is -0.361 e. The van der Waals surface area contributed by atoms with Gasteiger partial charge in [-0.05, 0) is 55.0 Å². The molecule has 27 heavy (non-hydrogen) atoms. The minimum atomic E-state index is 0.509. The quantitative estimate of drug-likeness (QED) is 0.583. The van der Waals surface area contributed by atoms with Crippen molar-refractivity contribution >= 4 is 10.9 Å². The van der Waals surface area contributed by atoms with E-state index >= 15 is 0 Å². The summed E-state index contributed by atoms with van der Waals surface area (Å²) in [7, 11) is 0. The number of nitrogens with zero attached hydrogens (tertiary/aromatic N) is 1. The van der Waals surface area contributed by atoms with Gasteiger partial charge in [-0.2, -0.15) is 0 Å². The molecule has 1 spiro atoms. The van der Waals surface area contributed by atoms with Crippen LogP contribution in [-0.4, -0.2) is 16.4 Å². The van der Waals surface area contributed by atoms with Crippen molar-refractivity contribution in [2.24, 2.45) is 5.41 Å². The van der Waals surface area contributed by atoms with E-state index in [1.165, 1.54) is 71.8 Å². The van der Waals surface area contributed by atoms with Gasteiger partial charge >= 0.3 is 0 Å². The zero-order chi connectivity index (χ0) is 18.4. The second-order valence-corrected chi connectivity index (χ2v) is 8.90. The van der Waals surface area contributed by atoms with Gasteiger partial charge in [0.1, 0.15) is 0 Å². The molecule has 3 aromatic rings. The Bertz CT molecular complexity index is 947. The molecular formula is C25H30N2. The molecule has 1 aromatic heterocycles. The van der Waals surface area contributed by atoms with Crippen LogP contribution in [0.5, 0.6) is 0 Å². The number of aryl methyl sites for hydroxylation is 2. The highest BCUT2D eigenvalue weighted by atomic mass is 15.2. The van der Waals surface area contributed by atoms with Crippen LogP contribution < -0.4 is 0 Å². The number of hydrogen-bond acceptors (Lipinski definition) is 1. The second-order valence-electron chi connectivity index (χ2n) is 8.90. The Balaban J connectivity index is 1.51. The van der Waals surface area contributed by atoms with Crippen LogP contribution in [-0.2, 0) is 6.54 Å². The average Bonchev–Trinajstić information content (AvgIpc) is 3.16. The van der Waals surface area contributed by atoms with Crippen LogP contribution >= 0.6 is 0 Å². The Kier molecular flexibility index (Phi) is 4.12. The van der Waals surface area contributed by atoms with Gasteiger partial charge in [-0.3, -0.25) is 4.90 Å². The SMILES string of the molecule is Cc1cc(C)c2[nH]ccc2c1CN1CC2(CCCCC2)C1c1ccccc1. The van der Waals surface area contributed by atoms with Crippen LogP contribution in [0.2, 0.25) is 0 Å². The van der Waals surface area contributed by atoms with Crippen molar-refractivity contribution < 1.29 is 0 Å². The summed E-state index contributed by atoms with van der Waals surface area (Å²) in [5.41, 5.74) is 7.61. The van der Waals surface area contributed by atoms with Gasteiger partial charge in [0.05, 0.1) is 0 Å². The van der Waals surface area contributed by atoms with Crippen LogP contribution in [0, 0.1) is 19.3 Å². The minimum absolute atomic E-state index is 0.509. The third-order valence-corrected chi connectivity index (χ3v) is 7.16. The van der Waals surface area contributed by atoms with Gasteiger partial charge < -0.3 is 4.98 Å². The lowest BCUT2D eigenvalue weighted by Gasteiger charge is -2.60. The molecule has 0 bridgehead atoms. The number of fused-ring (bicyclic) bond motifs is 1. The van der Waals surface area contributed by atoms with E-state index in [1.807, 2.05) is 0 Å². The molecule has 2 heterocycles. The fraction of sp³-hybridized carbons (Fsp3) is 0.440. The predicted octanol–water partition coefficient (Wildman–Crippen LogP) is 6.29. The maximum Gasteiger partial charge on any atom is 0.0487 e. The van der Waals surface area contributed by atoms with E-state index in [2.05, 4.69) is 72.4 Å². The Morgan fingerprint density at radius 3 is 2.56 bits per heavy atom. The smallest absolute Gasteiger partial charge is 0.0487 e. The maximum absolute atomic E-state index is 3.45. The van der Waals surface area contributed by atoms with Crippen molar-refractivity contribution in [3.63, 3.8) is 0 Å². The highest BCUT2D eigenvalue weighted by molar-refractivity contribution is 5.87. The van der Waals surface area contributed by atoms with Crippen LogP contribution in [0.1, 0.15) is 60.4 Å². The molecule has 5 rings (SSSR count). The number of rotatable bonds is 3. The third-order valence-electron chi connectivity index (χ3n) is 7.16. The van der Waals surface area contributed by atoms with Crippen LogP contribution in [0.15, 0.2) is 48.7 Å². The number of likely N-dealkylation sites (tertiary alicyclic amines) is 1. The molecule has 2 aliphatic rings. The number of aromatic nitrogens is 1. The Morgan fingerprint density at radius 1 is 1.00 bits per heavy atom. The first-order valence-electron chi connectivity index (χ1n) is 10.5. The monoisotopic (exact) mass is 358 g/mol. The molecule has 140 valence electrons. The summed E-state index contributed by atoms with van der Waals surface area (Å²) < 4.78 is 0. The summed E-state index contributed by atoms with van der Waals surface area (Å²) in [5.74, 6) is 0. The number of benzene rings is 2. The first-order valence-corrected chi connectivity index (χ1v) is 10.5. The maximum atomic E-state index is 3.45. The van der Waals surface area contributed by atoms with Crippen molar-refractivity contribution in [2.75, 3.05) is 6.54 Å². The van der Waals surface area contributed by atoms with Crippen LogP contribution in [0.3, 0.4) is 0 Å². The first kappa shape index (κ1) is 17.1. The van der Waals surface area contributed by atoms with Gasteiger partial charge in [-0.15, -0.1) is 0 Å². The van der Waals surface area contributed by atoms with Gasteiger partial charge in [0.25, 0.3) is 0 Å². The highest BCUT2D eigenvalue weighted by Gasteiger charge is 2.52. The van der Waals surface area contributed by atoms with Gasteiger partial charge in [0.2, 0.25) is 0 Å². The Morgan fingerprint density at radius 2 is 1.78 bits per heavy atom. The van der Waals surface area contributed by atoms with E-state index in [4.69, 9.17) is 0 Å². The summed E-state index contributed by atoms with van der Waals surface area (Å²) in [4.78, 5) is 6.19. The topological polar surface area (TPSA) is 19.0 Å². The number of hydrogen-bond donors (Lipinski definition) is 1. The van der Waals surface area contributed by atoms with Crippen LogP contribution in [0.25, 0.3) is 10.9 Å². The van der Waals surface area contributed by atoms with Crippen molar-refractivity contribution in [1.82, 2.24) is 9.88 Å². The summed E-state index contributed by atoms with van der Waals surface area (Å²) >= 11 is 0. The fourth-order valence-corrected chi connectivity index (χ4v) is 5.95. The number of nitrogens with one attached hydrogen (secondary N) is 1. The van der Waals surface area contributed by atoms with Crippen molar-refractivity contribution in [1.29, 1.82) is 0 Å². The normalized spacial score (nSPS) is 22.2. The summed E-state index contributed by atoms with van der Waals surface area (Å²) in [6, 6.07) is 16.5. The van der Waals surface area contributed by atoms with E-state index in [0.29, 0.717) is 11.5 Å². The molecule has 0 radical (unpaired) electrons. The largest absolute Gasteiger partial charge is 0.361 e. The molecule has 2 heteroatoms. The van der Waals surface area contributed by atoms with Gasteiger partial charge in [-0.25, -0.2) is 0 Å². The lowest BCUT2D eigenvalue weighted by molar-refractivity contribution is -0.106. The standard InChI is InChI=1S/C25H30N2/c1-18-15-19(2)23-21(11-14-26-23)22(18)16-27-17-25(12-7-4-8-13-25)24(27)20-9-5-3-6-10-20/h3,5-6,9-11,14-15,24,26H,4,7-8,12-13,16-17H2,1-2H3. The molecule has 1 saturated heterocycles. The molecule has 2 fully saturated rings. The number of aromatic amines is 1. The van der Waals surface area contributed by atoms with E-state index in [9.17, 15) is 0 Å². The van der Waals surface area contributed by atoms with Crippen LogP contribution in [0.4, 0.5) is 0 Å². The third kappa shape index (κ3) is 2.73. The van der Waals surface area contributed by atoms with Crippen molar-refractivity contribution in [3.8, 4) is 0 Å². The molecule has 0 amide bonds. The average molecular weight is 359 g/mol. The molecule has 2 aromatic carbocycles. The highest BCUT2D eigenvalue weighted by Crippen LogP contribution is 2.57. The summed E-state index contributed by atoms with van der Waals surface area (Å²) in [5, 5.41) is 1.41. The first-order chi connectivity index (χ1) is 13.2. The lowest BCUT2D eigenvalue weighted by atomic mass is 9.61. The molecule has 1 aliphatic carbocycles. The molecule has 1 aliphatic heterocycles. The molecule has 2 nitrogen and oxygen atoms in total. The van der Waals surface area contributed by atoms with E-state index in [-0.39, 0.29) is 0 Å². The molecular weight excluding hydrogens is 328 g/mol. The van der Waals surface area contributed by atoms with E-state index in [1.54, 1.807) is 0 Å². The van der Waals surface area contributed by atoms with Gasteiger partial charge in [0.15, 0.2) is 0 Å². The van der Waals surface area contributed by atoms with Crippen molar-refractivity contribution in [2.45, 2.75) is 58.5 Å². The summed E-state index contributed by atoms with van der Waals surface area (Å²) in [6.45, 7) is 6.80. The van der Waals surface area contributed by atoms with Gasteiger partial charge in [0, 0.05) is 41.6 Å². The van der Waals surface area contributed by atoms with E-state index < -0.39 is 0 Å². The number of H-pyrrole nitrogens is 1. The van der Waals surface area contributed by atoms with Crippen molar-refractivity contribution in [3.05, 3.63) is 70.9 Å². The van der Waals surface area contributed by atoms with E-state index in [0.717, 1.165) is 6.54 Å². The lowest BCUT2D eigenvalue weighted by Crippen LogP contribution is -2.58. The molecule has 1 atom stereocenters. The Labute approximate surface area is 162 Å². The Hall–Kier alpha value is -2.06. The predicted molar refractivity (Wildman–Crippen MR) is 113 cm³/mol.